The van der Waals surface area contributed by atoms with E-state index in [2.05, 4.69) is 16.0 Å². The highest BCUT2D eigenvalue weighted by Crippen LogP contribution is 2.32. The number of rotatable bonds is 3. The van der Waals surface area contributed by atoms with Crippen LogP contribution in [0.1, 0.15) is 37.8 Å². The minimum atomic E-state index is -0.0111. The quantitative estimate of drug-likeness (QED) is 0.829. The summed E-state index contributed by atoms with van der Waals surface area (Å²) in [6.45, 7) is 6.03. The number of aromatic nitrogens is 1. The summed E-state index contributed by atoms with van der Waals surface area (Å²) in [5.74, 6) is 0.477. The predicted molar refractivity (Wildman–Crippen MR) is 99.8 cm³/mol. The van der Waals surface area contributed by atoms with Crippen LogP contribution in [0, 0.1) is 12.8 Å². The van der Waals surface area contributed by atoms with Gasteiger partial charge in [-0.15, -0.1) is 0 Å². The van der Waals surface area contributed by atoms with Crippen molar-refractivity contribution in [2.75, 3.05) is 37.6 Å². The molecule has 1 aromatic rings. The molecule has 2 amide bonds. The first-order chi connectivity index (χ1) is 12.6. The normalized spacial score (nSPS) is 24.6. The Kier molecular flexibility index (Phi) is 4.83. The molecule has 1 unspecified atom stereocenters. The van der Waals surface area contributed by atoms with Gasteiger partial charge in [0.25, 0.3) is 0 Å². The lowest BCUT2D eigenvalue weighted by Crippen LogP contribution is -2.48. The van der Waals surface area contributed by atoms with Gasteiger partial charge in [-0.05, 0) is 44.7 Å². The molecule has 1 aliphatic carbocycles. The van der Waals surface area contributed by atoms with Crippen LogP contribution < -0.4 is 4.90 Å². The van der Waals surface area contributed by atoms with Gasteiger partial charge in [-0.3, -0.25) is 14.6 Å². The number of hydrogen-bond acceptors (Lipinski definition) is 4. The average molecular weight is 356 g/mol. The maximum absolute atomic E-state index is 13.1. The molecule has 2 aliphatic heterocycles. The molecule has 6 heteroatoms. The summed E-state index contributed by atoms with van der Waals surface area (Å²) < 4.78 is 0. The van der Waals surface area contributed by atoms with Gasteiger partial charge in [0.2, 0.25) is 11.8 Å². The molecule has 3 fully saturated rings. The monoisotopic (exact) mass is 356 g/mol. The van der Waals surface area contributed by atoms with E-state index in [0.29, 0.717) is 25.4 Å². The highest BCUT2D eigenvalue weighted by molar-refractivity contribution is 5.84. The number of hydrogen-bond donors (Lipinski definition) is 0. The van der Waals surface area contributed by atoms with Crippen molar-refractivity contribution in [2.24, 2.45) is 5.92 Å². The summed E-state index contributed by atoms with van der Waals surface area (Å²) in [7, 11) is 0. The number of pyridine rings is 1. The summed E-state index contributed by atoms with van der Waals surface area (Å²) >= 11 is 0. The molecule has 6 nitrogen and oxygen atoms in total. The Morgan fingerprint density at radius 2 is 2.00 bits per heavy atom. The van der Waals surface area contributed by atoms with Gasteiger partial charge in [-0.25, -0.2) is 0 Å². The van der Waals surface area contributed by atoms with Gasteiger partial charge in [0.15, 0.2) is 0 Å². The molecule has 0 spiro atoms. The second kappa shape index (κ2) is 7.25. The van der Waals surface area contributed by atoms with E-state index in [1.807, 2.05) is 29.0 Å². The van der Waals surface area contributed by atoms with Gasteiger partial charge in [0.1, 0.15) is 0 Å². The van der Waals surface area contributed by atoms with Crippen LogP contribution in [0.4, 0.5) is 5.69 Å². The molecule has 26 heavy (non-hydrogen) atoms. The number of amides is 2. The molecule has 0 bridgehead atoms. The van der Waals surface area contributed by atoms with Crippen molar-refractivity contribution < 1.29 is 9.59 Å². The second-order valence-corrected chi connectivity index (χ2v) is 7.83. The van der Waals surface area contributed by atoms with E-state index in [9.17, 15) is 9.59 Å². The minimum Gasteiger partial charge on any atom is -0.370 e. The van der Waals surface area contributed by atoms with Crippen molar-refractivity contribution in [2.45, 2.75) is 45.1 Å². The van der Waals surface area contributed by atoms with Crippen molar-refractivity contribution in [1.29, 1.82) is 0 Å². The third kappa shape index (κ3) is 3.69. The van der Waals surface area contributed by atoms with Crippen molar-refractivity contribution in [3.05, 3.63) is 24.0 Å². The van der Waals surface area contributed by atoms with Gasteiger partial charge in [-0.2, -0.15) is 0 Å². The summed E-state index contributed by atoms with van der Waals surface area (Å²) in [6, 6.07) is 4.57. The third-order valence-corrected chi connectivity index (χ3v) is 5.83. The molecule has 2 saturated heterocycles. The number of likely N-dealkylation sites (tertiary alicyclic amines) is 1. The van der Waals surface area contributed by atoms with E-state index >= 15 is 0 Å². The van der Waals surface area contributed by atoms with Crippen LogP contribution in [0.3, 0.4) is 0 Å². The molecule has 3 heterocycles. The van der Waals surface area contributed by atoms with Crippen molar-refractivity contribution in [1.82, 2.24) is 14.8 Å². The molecular formula is C20H28N4O2. The van der Waals surface area contributed by atoms with Crippen LogP contribution >= 0.6 is 0 Å². The minimum absolute atomic E-state index is 0.0111. The standard InChI is InChI=1S/C20H28N4O2/c1-15-13-18(7-8-21-15)22-9-2-10-23(12-11-22)20(26)16-3-6-19(25)24(14-16)17-4-5-17/h7-8,13,16-17H,2-6,9-12,14H2,1H3. The van der Waals surface area contributed by atoms with Crippen molar-refractivity contribution in [3.63, 3.8) is 0 Å². The summed E-state index contributed by atoms with van der Waals surface area (Å²) in [4.78, 5) is 35.8. The fourth-order valence-electron chi connectivity index (χ4n) is 4.19. The van der Waals surface area contributed by atoms with E-state index in [4.69, 9.17) is 0 Å². The molecular weight excluding hydrogens is 328 g/mol. The lowest BCUT2D eigenvalue weighted by Gasteiger charge is -2.34. The first-order valence-electron chi connectivity index (χ1n) is 9.87. The largest absolute Gasteiger partial charge is 0.370 e. The van der Waals surface area contributed by atoms with E-state index in [0.717, 1.165) is 51.1 Å². The van der Waals surface area contributed by atoms with Crippen LogP contribution in [0.2, 0.25) is 0 Å². The SMILES string of the molecule is Cc1cc(N2CCCN(C(=O)C3CCC(=O)N(C4CC4)C3)CC2)ccn1. The van der Waals surface area contributed by atoms with Gasteiger partial charge >= 0.3 is 0 Å². The number of carbonyl (C=O) groups is 2. The number of anilines is 1. The molecule has 0 aromatic carbocycles. The van der Waals surface area contributed by atoms with Crippen LogP contribution in [0.15, 0.2) is 18.3 Å². The molecule has 3 aliphatic rings. The maximum Gasteiger partial charge on any atom is 0.227 e. The number of nitrogens with zero attached hydrogens (tertiary/aromatic N) is 4. The van der Waals surface area contributed by atoms with Crippen LogP contribution in [0.5, 0.6) is 0 Å². The molecule has 1 saturated carbocycles. The zero-order chi connectivity index (χ0) is 18.1. The Bertz CT molecular complexity index is 688. The Morgan fingerprint density at radius 3 is 2.77 bits per heavy atom. The number of aryl methyl sites for hydroxylation is 1. The Labute approximate surface area is 155 Å². The van der Waals surface area contributed by atoms with Gasteiger partial charge in [0, 0.05) is 62.8 Å². The zero-order valence-corrected chi connectivity index (χ0v) is 15.6. The van der Waals surface area contributed by atoms with Gasteiger partial charge in [0.05, 0.1) is 5.92 Å². The molecule has 0 N–H and O–H groups in total. The summed E-state index contributed by atoms with van der Waals surface area (Å²) in [5.41, 5.74) is 2.21. The smallest absolute Gasteiger partial charge is 0.227 e. The Hall–Kier alpha value is -2.11. The third-order valence-electron chi connectivity index (χ3n) is 5.83. The van der Waals surface area contributed by atoms with Crippen molar-refractivity contribution >= 4 is 17.5 Å². The van der Waals surface area contributed by atoms with E-state index in [-0.39, 0.29) is 17.7 Å². The zero-order valence-electron chi connectivity index (χ0n) is 15.6. The fourth-order valence-corrected chi connectivity index (χ4v) is 4.19. The lowest BCUT2D eigenvalue weighted by atomic mass is 9.95. The summed E-state index contributed by atoms with van der Waals surface area (Å²) in [5, 5.41) is 0. The first-order valence-corrected chi connectivity index (χ1v) is 9.87. The average Bonchev–Trinajstić information content (AvgIpc) is 3.48. The number of carbonyl (C=O) groups excluding carboxylic acids is 2. The summed E-state index contributed by atoms with van der Waals surface area (Å²) in [6.07, 6.45) is 6.29. The van der Waals surface area contributed by atoms with E-state index in [1.165, 1.54) is 5.69 Å². The van der Waals surface area contributed by atoms with Crippen LogP contribution in [0.25, 0.3) is 0 Å². The topological polar surface area (TPSA) is 56.8 Å². The maximum atomic E-state index is 13.1. The Morgan fingerprint density at radius 1 is 1.15 bits per heavy atom. The van der Waals surface area contributed by atoms with E-state index in [1.54, 1.807) is 0 Å². The molecule has 1 aromatic heterocycles. The van der Waals surface area contributed by atoms with Crippen LogP contribution in [-0.4, -0.2) is 65.4 Å². The highest BCUT2D eigenvalue weighted by atomic mass is 16.2. The molecule has 0 radical (unpaired) electrons. The first kappa shape index (κ1) is 17.3. The van der Waals surface area contributed by atoms with E-state index < -0.39 is 0 Å². The second-order valence-electron chi connectivity index (χ2n) is 7.83. The Balaban J connectivity index is 1.37. The fraction of sp³-hybridized carbons (Fsp3) is 0.650. The highest BCUT2D eigenvalue weighted by Gasteiger charge is 2.39. The molecule has 4 rings (SSSR count). The predicted octanol–water partition coefficient (Wildman–Crippen LogP) is 1.83. The van der Waals surface area contributed by atoms with Crippen LogP contribution in [-0.2, 0) is 9.59 Å². The van der Waals surface area contributed by atoms with Crippen molar-refractivity contribution in [3.8, 4) is 0 Å². The lowest BCUT2D eigenvalue weighted by molar-refractivity contribution is -0.143. The van der Waals surface area contributed by atoms with Gasteiger partial charge in [-0.1, -0.05) is 0 Å². The molecule has 1 atom stereocenters. The molecule has 140 valence electrons. The number of piperidine rings is 1. The van der Waals surface area contributed by atoms with Gasteiger partial charge < -0.3 is 14.7 Å².